The van der Waals surface area contributed by atoms with Crippen molar-refractivity contribution in [3.63, 3.8) is 0 Å². The minimum absolute atomic E-state index is 0.0146. The number of para-hydroxylation sites is 2. The van der Waals surface area contributed by atoms with Crippen molar-refractivity contribution in [1.82, 2.24) is 14.5 Å². The number of hydrogen-bond acceptors (Lipinski definition) is 3. The summed E-state index contributed by atoms with van der Waals surface area (Å²) in [6.45, 7) is 4.54. The lowest BCUT2D eigenvalue weighted by Crippen LogP contribution is -2.27. The molecule has 1 atom stereocenters. The number of aromatic nitrogens is 2. The standard InChI is InChI=1S/C23H28N4O3/c1-4-16(2)22(29)25-18-9-7-8-17(14-18)15-24-21(28)12-13-27-20-11-6-5-10-19(20)26(3)23(27)30/h5-11,14,16H,4,12-13,15H2,1-3H3,(H,24,28)(H,25,29)/t16-/m0/s1. The maximum Gasteiger partial charge on any atom is 0.328 e. The Kier molecular flexibility index (Phi) is 6.72. The first kappa shape index (κ1) is 21.4. The van der Waals surface area contributed by atoms with Crippen LogP contribution in [0.15, 0.2) is 53.3 Å². The first-order valence-corrected chi connectivity index (χ1v) is 10.2. The Morgan fingerprint density at radius 1 is 1.07 bits per heavy atom. The molecule has 0 saturated carbocycles. The number of amides is 2. The third kappa shape index (κ3) is 4.79. The van der Waals surface area contributed by atoms with Gasteiger partial charge in [0.25, 0.3) is 0 Å². The number of carbonyl (C=O) groups is 2. The van der Waals surface area contributed by atoms with E-state index in [2.05, 4.69) is 10.6 Å². The van der Waals surface area contributed by atoms with Crippen LogP contribution < -0.4 is 16.3 Å². The Hall–Kier alpha value is -3.35. The second-order valence-electron chi connectivity index (χ2n) is 7.51. The predicted molar refractivity (Wildman–Crippen MR) is 118 cm³/mol. The molecule has 0 aliphatic rings. The number of rotatable bonds is 8. The first-order valence-electron chi connectivity index (χ1n) is 10.2. The summed E-state index contributed by atoms with van der Waals surface area (Å²) in [4.78, 5) is 36.8. The van der Waals surface area contributed by atoms with E-state index in [0.29, 0.717) is 18.8 Å². The molecule has 0 saturated heterocycles. The molecule has 0 radical (unpaired) electrons. The lowest BCUT2D eigenvalue weighted by molar-refractivity contribution is -0.121. The minimum atomic E-state index is -0.135. The average molecular weight is 409 g/mol. The second-order valence-corrected chi connectivity index (χ2v) is 7.51. The second kappa shape index (κ2) is 9.43. The number of anilines is 1. The summed E-state index contributed by atoms with van der Waals surface area (Å²) in [7, 11) is 1.73. The van der Waals surface area contributed by atoms with Crippen LogP contribution in [0.2, 0.25) is 0 Å². The van der Waals surface area contributed by atoms with Crippen molar-refractivity contribution < 1.29 is 9.59 Å². The van der Waals surface area contributed by atoms with Gasteiger partial charge in [0, 0.05) is 38.2 Å². The van der Waals surface area contributed by atoms with Crippen LogP contribution in [0.1, 0.15) is 32.3 Å². The van der Waals surface area contributed by atoms with Crippen LogP contribution in [0.4, 0.5) is 5.69 Å². The topological polar surface area (TPSA) is 85.1 Å². The molecule has 2 N–H and O–H groups in total. The Bertz CT molecular complexity index is 1110. The summed E-state index contributed by atoms with van der Waals surface area (Å²) in [5.74, 6) is -0.200. The van der Waals surface area contributed by atoms with Crippen LogP contribution >= 0.6 is 0 Å². The Balaban J connectivity index is 1.57. The molecule has 0 aliphatic heterocycles. The van der Waals surface area contributed by atoms with Gasteiger partial charge in [0.2, 0.25) is 11.8 Å². The molecule has 158 valence electrons. The Labute approximate surface area is 175 Å². The Morgan fingerprint density at radius 3 is 2.53 bits per heavy atom. The van der Waals surface area contributed by atoms with Gasteiger partial charge in [-0.05, 0) is 36.2 Å². The monoisotopic (exact) mass is 408 g/mol. The van der Waals surface area contributed by atoms with Gasteiger partial charge in [0.1, 0.15) is 0 Å². The van der Waals surface area contributed by atoms with E-state index in [9.17, 15) is 14.4 Å². The highest BCUT2D eigenvalue weighted by Crippen LogP contribution is 2.14. The molecule has 0 unspecified atom stereocenters. The molecular weight excluding hydrogens is 380 g/mol. The van der Waals surface area contributed by atoms with Crippen LogP contribution in [0.3, 0.4) is 0 Å². The van der Waals surface area contributed by atoms with E-state index in [1.807, 2.05) is 62.4 Å². The third-order valence-electron chi connectivity index (χ3n) is 5.36. The molecular formula is C23H28N4O3. The molecule has 2 amide bonds. The van der Waals surface area contributed by atoms with E-state index < -0.39 is 0 Å². The number of aryl methyl sites for hydroxylation is 2. The number of fused-ring (bicyclic) bond motifs is 1. The predicted octanol–water partition coefficient (Wildman–Crippen LogP) is 3.03. The molecule has 0 aliphatic carbocycles. The van der Waals surface area contributed by atoms with E-state index in [1.54, 1.807) is 16.2 Å². The fourth-order valence-electron chi connectivity index (χ4n) is 3.29. The van der Waals surface area contributed by atoms with Gasteiger partial charge in [-0.1, -0.05) is 38.1 Å². The van der Waals surface area contributed by atoms with Gasteiger partial charge in [0.15, 0.2) is 0 Å². The highest BCUT2D eigenvalue weighted by Gasteiger charge is 2.12. The fourth-order valence-corrected chi connectivity index (χ4v) is 3.29. The number of carbonyl (C=O) groups excluding carboxylic acids is 2. The highest BCUT2D eigenvalue weighted by atomic mass is 16.2. The van der Waals surface area contributed by atoms with Crippen LogP contribution in [0.25, 0.3) is 11.0 Å². The highest BCUT2D eigenvalue weighted by molar-refractivity contribution is 5.92. The number of imidazole rings is 1. The van der Waals surface area contributed by atoms with E-state index in [0.717, 1.165) is 23.0 Å². The van der Waals surface area contributed by atoms with Crippen molar-refractivity contribution in [2.24, 2.45) is 13.0 Å². The lowest BCUT2D eigenvalue weighted by Gasteiger charge is -2.11. The van der Waals surface area contributed by atoms with E-state index >= 15 is 0 Å². The fraction of sp³-hybridized carbons (Fsp3) is 0.348. The van der Waals surface area contributed by atoms with Crippen molar-refractivity contribution in [2.75, 3.05) is 5.32 Å². The minimum Gasteiger partial charge on any atom is -0.352 e. The van der Waals surface area contributed by atoms with Crippen LogP contribution in [-0.2, 0) is 29.7 Å². The normalized spacial score (nSPS) is 12.0. The van der Waals surface area contributed by atoms with Gasteiger partial charge in [-0.15, -0.1) is 0 Å². The number of nitrogens with one attached hydrogen (secondary N) is 2. The number of nitrogens with zero attached hydrogens (tertiary/aromatic N) is 2. The molecule has 0 spiro atoms. The molecule has 1 heterocycles. The van der Waals surface area contributed by atoms with E-state index in [-0.39, 0.29) is 29.8 Å². The summed E-state index contributed by atoms with van der Waals surface area (Å²) < 4.78 is 3.21. The van der Waals surface area contributed by atoms with Crippen molar-refractivity contribution in [1.29, 1.82) is 0 Å². The third-order valence-corrected chi connectivity index (χ3v) is 5.36. The quantitative estimate of drug-likeness (QED) is 0.601. The summed E-state index contributed by atoms with van der Waals surface area (Å²) in [5.41, 5.74) is 3.15. The van der Waals surface area contributed by atoms with E-state index in [4.69, 9.17) is 0 Å². The smallest absolute Gasteiger partial charge is 0.328 e. The zero-order valence-electron chi connectivity index (χ0n) is 17.6. The molecule has 1 aromatic heterocycles. The summed E-state index contributed by atoms with van der Waals surface area (Å²) in [5, 5.41) is 5.79. The molecule has 0 bridgehead atoms. The van der Waals surface area contributed by atoms with Gasteiger partial charge >= 0.3 is 5.69 Å². The van der Waals surface area contributed by atoms with Crippen LogP contribution in [0.5, 0.6) is 0 Å². The maximum atomic E-state index is 12.4. The largest absolute Gasteiger partial charge is 0.352 e. The number of hydrogen-bond donors (Lipinski definition) is 2. The van der Waals surface area contributed by atoms with Gasteiger partial charge < -0.3 is 10.6 Å². The summed E-state index contributed by atoms with van der Waals surface area (Å²) >= 11 is 0. The molecule has 30 heavy (non-hydrogen) atoms. The van der Waals surface area contributed by atoms with Crippen molar-refractivity contribution >= 4 is 28.5 Å². The van der Waals surface area contributed by atoms with Gasteiger partial charge in [-0.25, -0.2) is 4.79 Å². The van der Waals surface area contributed by atoms with E-state index in [1.165, 1.54) is 0 Å². The average Bonchev–Trinajstić information content (AvgIpc) is 3.00. The molecule has 3 aromatic rings. The zero-order chi connectivity index (χ0) is 21.7. The van der Waals surface area contributed by atoms with Gasteiger partial charge in [-0.2, -0.15) is 0 Å². The molecule has 7 heteroatoms. The lowest BCUT2D eigenvalue weighted by atomic mass is 10.1. The SMILES string of the molecule is CC[C@H](C)C(=O)Nc1cccc(CNC(=O)CCn2c(=O)n(C)c3ccccc32)c1. The summed E-state index contributed by atoms with van der Waals surface area (Å²) in [6, 6.07) is 15.0. The first-order chi connectivity index (χ1) is 14.4. The van der Waals surface area contributed by atoms with Crippen molar-refractivity contribution in [2.45, 2.75) is 39.8 Å². The number of benzene rings is 2. The molecule has 3 rings (SSSR count). The maximum absolute atomic E-state index is 12.4. The van der Waals surface area contributed by atoms with Gasteiger partial charge in [-0.3, -0.25) is 18.7 Å². The van der Waals surface area contributed by atoms with Crippen molar-refractivity contribution in [3.05, 3.63) is 64.6 Å². The molecule has 2 aromatic carbocycles. The van der Waals surface area contributed by atoms with Crippen LogP contribution in [0, 0.1) is 5.92 Å². The molecule has 0 fully saturated rings. The van der Waals surface area contributed by atoms with Crippen LogP contribution in [-0.4, -0.2) is 20.9 Å². The summed E-state index contributed by atoms with van der Waals surface area (Å²) in [6.07, 6.45) is 0.986. The Morgan fingerprint density at radius 2 is 1.80 bits per heavy atom. The zero-order valence-corrected chi connectivity index (χ0v) is 17.6. The van der Waals surface area contributed by atoms with Crippen molar-refractivity contribution in [3.8, 4) is 0 Å². The van der Waals surface area contributed by atoms with Gasteiger partial charge in [0.05, 0.1) is 11.0 Å². The molecule has 7 nitrogen and oxygen atoms in total.